The molecule has 2 aromatic rings. The van der Waals surface area contributed by atoms with Crippen molar-refractivity contribution in [3.63, 3.8) is 0 Å². The van der Waals surface area contributed by atoms with Crippen molar-refractivity contribution in [1.29, 1.82) is 0 Å². The first kappa shape index (κ1) is 19.3. The molecule has 4 nitrogen and oxygen atoms in total. The van der Waals surface area contributed by atoms with Crippen LogP contribution in [0.5, 0.6) is 5.75 Å². The van der Waals surface area contributed by atoms with Crippen LogP contribution in [-0.4, -0.2) is 28.1 Å². The molecule has 1 aliphatic carbocycles. The van der Waals surface area contributed by atoms with Crippen LogP contribution in [-0.2, 0) is 4.74 Å². The van der Waals surface area contributed by atoms with Crippen LogP contribution in [0.1, 0.15) is 77.1 Å². The number of rotatable bonds is 4. The smallest absolute Gasteiger partial charge is 0.144 e. The Morgan fingerprint density at radius 3 is 2.46 bits per heavy atom. The Morgan fingerprint density at radius 2 is 1.82 bits per heavy atom. The van der Waals surface area contributed by atoms with E-state index in [-0.39, 0.29) is 11.2 Å². The van der Waals surface area contributed by atoms with Gasteiger partial charge in [-0.3, -0.25) is 0 Å². The zero-order valence-corrected chi connectivity index (χ0v) is 17.8. The maximum atomic E-state index is 6.30. The summed E-state index contributed by atoms with van der Waals surface area (Å²) in [5, 5.41) is 5.13. The van der Waals surface area contributed by atoms with Crippen LogP contribution in [0.25, 0.3) is 11.3 Å². The fraction of sp³-hybridized carbons (Fsp3) is 0.542. The van der Waals surface area contributed by atoms with Crippen molar-refractivity contribution in [2.45, 2.75) is 76.9 Å². The Bertz CT molecular complexity index is 876. The minimum atomic E-state index is -0.145. The molecule has 1 aromatic carbocycles. The second-order valence-electron chi connectivity index (χ2n) is 9.39. The van der Waals surface area contributed by atoms with Gasteiger partial charge in [0.15, 0.2) is 0 Å². The first-order valence-corrected chi connectivity index (χ1v) is 10.4. The summed E-state index contributed by atoms with van der Waals surface area (Å²) in [7, 11) is 1.72. The van der Waals surface area contributed by atoms with Gasteiger partial charge in [-0.1, -0.05) is 18.2 Å². The Labute approximate surface area is 168 Å². The molecule has 0 radical (unpaired) electrons. The topological polar surface area (TPSA) is 36.3 Å². The predicted molar refractivity (Wildman–Crippen MR) is 113 cm³/mol. The highest BCUT2D eigenvalue weighted by atomic mass is 16.5. The van der Waals surface area contributed by atoms with Crippen LogP contribution in [0.15, 0.2) is 36.4 Å². The van der Waals surface area contributed by atoms with Gasteiger partial charge in [0.25, 0.3) is 0 Å². The lowest BCUT2D eigenvalue weighted by Crippen LogP contribution is -2.44. The van der Waals surface area contributed by atoms with Crippen LogP contribution < -0.4 is 4.74 Å². The third kappa shape index (κ3) is 3.75. The molecule has 28 heavy (non-hydrogen) atoms. The second kappa shape index (κ2) is 7.07. The highest BCUT2D eigenvalue weighted by molar-refractivity contribution is 5.67. The standard InChI is InChI=1S/C24H32N2O2/c1-23(2)15-18(16-24(3,4)28-23)19-14-21(17-10-6-7-11-17)26(25-19)20-12-8-9-13-22(20)27-5/h8-10,12-14,18H,6-7,11,15-16H2,1-5H3. The number of nitrogens with zero attached hydrogens (tertiary/aromatic N) is 2. The van der Waals surface area contributed by atoms with Crippen LogP contribution in [0.3, 0.4) is 0 Å². The minimum Gasteiger partial charge on any atom is -0.494 e. The van der Waals surface area contributed by atoms with Gasteiger partial charge in [-0.15, -0.1) is 0 Å². The molecule has 1 aromatic heterocycles. The summed E-state index contributed by atoms with van der Waals surface area (Å²) >= 11 is 0. The van der Waals surface area contributed by atoms with Crippen LogP contribution >= 0.6 is 0 Å². The van der Waals surface area contributed by atoms with E-state index in [9.17, 15) is 0 Å². The summed E-state index contributed by atoms with van der Waals surface area (Å²) in [6.45, 7) is 8.77. The van der Waals surface area contributed by atoms with Gasteiger partial charge in [-0.05, 0) is 83.6 Å². The quantitative estimate of drug-likeness (QED) is 0.662. The number of aromatic nitrogens is 2. The zero-order chi connectivity index (χ0) is 19.9. The van der Waals surface area contributed by atoms with Gasteiger partial charge in [0, 0.05) is 5.92 Å². The average molecular weight is 381 g/mol. The van der Waals surface area contributed by atoms with Crippen LogP contribution in [0, 0.1) is 0 Å². The molecular weight excluding hydrogens is 348 g/mol. The summed E-state index contributed by atoms with van der Waals surface area (Å²) in [5.74, 6) is 1.24. The van der Waals surface area contributed by atoms with Crippen molar-refractivity contribution >= 4 is 5.57 Å². The monoisotopic (exact) mass is 380 g/mol. The fourth-order valence-electron chi connectivity index (χ4n) is 5.02. The average Bonchev–Trinajstić information content (AvgIpc) is 3.28. The fourth-order valence-corrected chi connectivity index (χ4v) is 5.02. The molecule has 1 aliphatic heterocycles. The maximum absolute atomic E-state index is 6.30. The third-order valence-electron chi connectivity index (χ3n) is 5.86. The Hall–Kier alpha value is -2.07. The number of hydrogen-bond acceptors (Lipinski definition) is 3. The lowest BCUT2D eigenvalue weighted by Gasteiger charge is -2.45. The highest BCUT2D eigenvalue weighted by Crippen LogP contribution is 2.44. The molecule has 0 bridgehead atoms. The molecule has 4 heteroatoms. The van der Waals surface area contributed by atoms with E-state index in [1.807, 2.05) is 18.2 Å². The van der Waals surface area contributed by atoms with E-state index >= 15 is 0 Å². The molecule has 1 fully saturated rings. The number of para-hydroxylation sites is 2. The Kier molecular flexibility index (Phi) is 4.86. The summed E-state index contributed by atoms with van der Waals surface area (Å²) in [5.41, 5.74) is 4.48. The number of allylic oxidation sites excluding steroid dienone is 2. The van der Waals surface area contributed by atoms with Crippen molar-refractivity contribution in [1.82, 2.24) is 9.78 Å². The first-order chi connectivity index (χ1) is 13.3. The van der Waals surface area contributed by atoms with E-state index in [4.69, 9.17) is 14.6 Å². The molecule has 2 aliphatic rings. The molecule has 0 amide bonds. The number of methoxy groups -OCH3 is 1. The molecule has 4 rings (SSSR count). The van der Waals surface area contributed by atoms with E-state index in [1.54, 1.807) is 7.11 Å². The van der Waals surface area contributed by atoms with Gasteiger partial charge in [-0.2, -0.15) is 5.10 Å². The summed E-state index contributed by atoms with van der Waals surface area (Å²) in [6.07, 6.45) is 7.82. The molecule has 0 N–H and O–H groups in total. The zero-order valence-electron chi connectivity index (χ0n) is 17.8. The van der Waals surface area contributed by atoms with Crippen molar-refractivity contribution in [2.24, 2.45) is 0 Å². The highest BCUT2D eigenvalue weighted by Gasteiger charge is 2.41. The van der Waals surface area contributed by atoms with E-state index in [0.29, 0.717) is 5.92 Å². The molecule has 0 unspecified atom stereocenters. The van der Waals surface area contributed by atoms with Crippen LogP contribution in [0.2, 0.25) is 0 Å². The van der Waals surface area contributed by atoms with Gasteiger partial charge in [0.2, 0.25) is 0 Å². The second-order valence-corrected chi connectivity index (χ2v) is 9.39. The maximum Gasteiger partial charge on any atom is 0.144 e. The van der Waals surface area contributed by atoms with Crippen LogP contribution in [0.4, 0.5) is 0 Å². The molecule has 150 valence electrons. The largest absolute Gasteiger partial charge is 0.494 e. The van der Waals surface area contributed by atoms with Crippen molar-refractivity contribution in [3.8, 4) is 11.4 Å². The van der Waals surface area contributed by atoms with Gasteiger partial charge >= 0.3 is 0 Å². The SMILES string of the molecule is COc1ccccc1-n1nc(C2CC(C)(C)OC(C)(C)C2)cc1C1=CCCC1. The Balaban J connectivity index is 1.80. The first-order valence-electron chi connectivity index (χ1n) is 10.4. The number of benzene rings is 1. The van der Waals surface area contributed by atoms with Crippen molar-refractivity contribution < 1.29 is 9.47 Å². The Morgan fingerprint density at radius 1 is 1.11 bits per heavy atom. The lowest BCUT2D eigenvalue weighted by molar-refractivity contribution is -0.162. The summed E-state index contributed by atoms with van der Waals surface area (Å²) in [4.78, 5) is 0. The molecular formula is C24H32N2O2. The number of hydrogen-bond donors (Lipinski definition) is 0. The predicted octanol–water partition coefficient (Wildman–Crippen LogP) is 5.90. The summed E-state index contributed by atoms with van der Waals surface area (Å²) in [6, 6.07) is 10.5. The van der Waals surface area contributed by atoms with Gasteiger partial charge < -0.3 is 9.47 Å². The van der Waals surface area contributed by atoms with E-state index in [0.717, 1.165) is 42.8 Å². The van der Waals surface area contributed by atoms with Crippen molar-refractivity contribution in [2.75, 3.05) is 7.11 Å². The van der Waals surface area contributed by atoms with E-state index in [1.165, 1.54) is 17.7 Å². The molecule has 0 atom stereocenters. The lowest BCUT2D eigenvalue weighted by atomic mass is 9.79. The summed E-state index contributed by atoms with van der Waals surface area (Å²) < 4.78 is 14.0. The van der Waals surface area contributed by atoms with E-state index in [2.05, 4.69) is 50.6 Å². The molecule has 0 spiro atoms. The van der Waals surface area contributed by atoms with Gasteiger partial charge in [0.1, 0.15) is 11.4 Å². The molecule has 2 heterocycles. The number of ether oxygens (including phenoxy) is 2. The normalized spacial score (nSPS) is 21.5. The third-order valence-corrected chi connectivity index (χ3v) is 5.86. The van der Waals surface area contributed by atoms with Crippen molar-refractivity contribution in [3.05, 3.63) is 47.8 Å². The minimum absolute atomic E-state index is 0.145. The molecule has 0 saturated carbocycles. The van der Waals surface area contributed by atoms with Gasteiger partial charge in [0.05, 0.1) is 29.7 Å². The van der Waals surface area contributed by atoms with E-state index < -0.39 is 0 Å². The van der Waals surface area contributed by atoms with Gasteiger partial charge in [-0.25, -0.2) is 4.68 Å². The molecule has 1 saturated heterocycles.